The number of para-hydroxylation sites is 1. The number of aromatic nitrogens is 2. The van der Waals surface area contributed by atoms with E-state index in [1.807, 2.05) is 19.1 Å². The van der Waals surface area contributed by atoms with Gasteiger partial charge in [0.2, 0.25) is 0 Å². The van der Waals surface area contributed by atoms with Crippen LogP contribution >= 0.6 is 11.6 Å². The minimum atomic E-state index is -0.689. The molecule has 0 bridgehead atoms. The second kappa shape index (κ2) is 7.54. The summed E-state index contributed by atoms with van der Waals surface area (Å²) in [6, 6.07) is 12.5. The number of benzene rings is 2. The third-order valence-electron chi connectivity index (χ3n) is 3.92. The van der Waals surface area contributed by atoms with Gasteiger partial charge in [0.25, 0.3) is 5.56 Å². The number of carbonyl (C=O) groups is 1. The molecule has 26 heavy (non-hydrogen) atoms. The van der Waals surface area contributed by atoms with Crippen LogP contribution in [0.5, 0.6) is 0 Å². The summed E-state index contributed by atoms with van der Waals surface area (Å²) in [6.45, 7) is 3.56. The first-order chi connectivity index (χ1) is 12.4. The predicted molar refractivity (Wildman–Crippen MR) is 102 cm³/mol. The SMILES string of the molecule is Cc1ccc(/C=C/C(=O)O[C@H](C)c2nc3ccccc3c(=O)[nH]2)cc1Cl. The highest BCUT2D eigenvalue weighted by Crippen LogP contribution is 2.18. The zero-order chi connectivity index (χ0) is 18.7. The Bertz CT molecular complexity index is 1060. The Hall–Kier alpha value is -2.92. The fourth-order valence-corrected chi connectivity index (χ4v) is 2.63. The van der Waals surface area contributed by atoms with Gasteiger partial charge in [-0.25, -0.2) is 9.78 Å². The Morgan fingerprint density at radius 1 is 1.27 bits per heavy atom. The molecule has 1 atom stereocenters. The van der Waals surface area contributed by atoms with Gasteiger partial charge in [-0.2, -0.15) is 0 Å². The van der Waals surface area contributed by atoms with Crippen molar-refractivity contribution in [2.24, 2.45) is 0 Å². The van der Waals surface area contributed by atoms with Crippen molar-refractivity contribution in [1.29, 1.82) is 0 Å². The number of H-pyrrole nitrogens is 1. The first-order valence-corrected chi connectivity index (χ1v) is 8.45. The number of rotatable bonds is 4. The van der Waals surface area contributed by atoms with E-state index in [9.17, 15) is 9.59 Å². The maximum Gasteiger partial charge on any atom is 0.331 e. The van der Waals surface area contributed by atoms with E-state index in [1.54, 1.807) is 43.3 Å². The number of esters is 1. The largest absolute Gasteiger partial charge is 0.451 e. The van der Waals surface area contributed by atoms with Gasteiger partial charge in [0.1, 0.15) is 0 Å². The van der Waals surface area contributed by atoms with Gasteiger partial charge in [-0.05, 0) is 49.2 Å². The number of ether oxygens (including phenoxy) is 1. The highest BCUT2D eigenvalue weighted by molar-refractivity contribution is 6.31. The topological polar surface area (TPSA) is 72.0 Å². The average molecular weight is 369 g/mol. The predicted octanol–water partition coefficient (Wildman–Crippen LogP) is 4.20. The molecule has 0 aliphatic carbocycles. The van der Waals surface area contributed by atoms with Crippen molar-refractivity contribution < 1.29 is 9.53 Å². The highest BCUT2D eigenvalue weighted by atomic mass is 35.5. The van der Waals surface area contributed by atoms with Gasteiger partial charge < -0.3 is 9.72 Å². The monoisotopic (exact) mass is 368 g/mol. The maximum atomic E-state index is 12.1. The summed E-state index contributed by atoms with van der Waals surface area (Å²) >= 11 is 6.06. The molecule has 5 nitrogen and oxygen atoms in total. The van der Waals surface area contributed by atoms with Crippen molar-refractivity contribution in [2.75, 3.05) is 0 Å². The molecule has 0 saturated heterocycles. The Balaban J connectivity index is 1.74. The van der Waals surface area contributed by atoms with Crippen molar-refractivity contribution in [2.45, 2.75) is 20.0 Å². The van der Waals surface area contributed by atoms with Gasteiger partial charge in [0.05, 0.1) is 10.9 Å². The minimum Gasteiger partial charge on any atom is -0.451 e. The fraction of sp³-hybridized carbons (Fsp3) is 0.150. The summed E-state index contributed by atoms with van der Waals surface area (Å²) in [5.74, 6) is -0.237. The van der Waals surface area contributed by atoms with E-state index < -0.39 is 12.1 Å². The van der Waals surface area contributed by atoms with Gasteiger partial charge in [-0.15, -0.1) is 0 Å². The van der Waals surface area contributed by atoms with Crippen LogP contribution in [0.15, 0.2) is 53.3 Å². The first-order valence-electron chi connectivity index (χ1n) is 8.08. The number of fused-ring (bicyclic) bond motifs is 1. The second-order valence-corrected chi connectivity index (χ2v) is 6.30. The van der Waals surface area contributed by atoms with Crippen LogP contribution in [-0.2, 0) is 9.53 Å². The van der Waals surface area contributed by atoms with E-state index in [1.165, 1.54) is 6.08 Å². The van der Waals surface area contributed by atoms with Gasteiger partial charge in [-0.3, -0.25) is 4.79 Å². The molecule has 3 rings (SSSR count). The maximum absolute atomic E-state index is 12.1. The van der Waals surface area contributed by atoms with Crippen LogP contribution in [0.25, 0.3) is 17.0 Å². The average Bonchev–Trinajstić information content (AvgIpc) is 2.62. The number of nitrogens with one attached hydrogen (secondary N) is 1. The van der Waals surface area contributed by atoms with E-state index >= 15 is 0 Å². The molecule has 132 valence electrons. The molecule has 6 heteroatoms. The molecular weight excluding hydrogens is 352 g/mol. The fourth-order valence-electron chi connectivity index (χ4n) is 2.44. The molecule has 0 fully saturated rings. The Labute approximate surface area is 155 Å². The van der Waals surface area contributed by atoms with E-state index in [-0.39, 0.29) is 5.56 Å². The number of aromatic amines is 1. The summed E-state index contributed by atoms with van der Waals surface area (Å²) in [5.41, 5.74) is 2.05. The zero-order valence-corrected chi connectivity index (χ0v) is 15.1. The lowest BCUT2D eigenvalue weighted by Gasteiger charge is -2.11. The number of aryl methyl sites for hydroxylation is 1. The van der Waals surface area contributed by atoms with Crippen molar-refractivity contribution >= 4 is 34.5 Å². The lowest BCUT2D eigenvalue weighted by atomic mass is 10.1. The zero-order valence-electron chi connectivity index (χ0n) is 14.3. The summed E-state index contributed by atoms with van der Waals surface area (Å²) in [5, 5.41) is 1.12. The molecule has 0 spiro atoms. The van der Waals surface area contributed by atoms with Crippen LogP contribution < -0.4 is 5.56 Å². The number of hydrogen-bond acceptors (Lipinski definition) is 4. The van der Waals surface area contributed by atoms with Crippen molar-refractivity contribution in [3.63, 3.8) is 0 Å². The molecule has 0 saturated carbocycles. The van der Waals surface area contributed by atoms with Crippen molar-refractivity contribution in [3.05, 3.63) is 80.9 Å². The van der Waals surface area contributed by atoms with Gasteiger partial charge in [-0.1, -0.05) is 35.9 Å². The Kier molecular flexibility index (Phi) is 5.19. The van der Waals surface area contributed by atoms with E-state index in [4.69, 9.17) is 16.3 Å². The van der Waals surface area contributed by atoms with E-state index in [0.29, 0.717) is 21.7 Å². The number of hydrogen-bond donors (Lipinski definition) is 1. The molecule has 1 N–H and O–H groups in total. The van der Waals surface area contributed by atoms with Crippen molar-refractivity contribution in [3.8, 4) is 0 Å². The second-order valence-electron chi connectivity index (χ2n) is 5.89. The lowest BCUT2D eigenvalue weighted by Crippen LogP contribution is -2.16. The lowest BCUT2D eigenvalue weighted by molar-refractivity contribution is -0.142. The highest BCUT2D eigenvalue weighted by Gasteiger charge is 2.14. The molecule has 1 aromatic heterocycles. The Morgan fingerprint density at radius 2 is 2.04 bits per heavy atom. The molecule has 0 radical (unpaired) electrons. The van der Waals surface area contributed by atoms with Crippen LogP contribution in [-0.4, -0.2) is 15.9 Å². The van der Waals surface area contributed by atoms with Crippen LogP contribution in [0.2, 0.25) is 5.02 Å². The summed E-state index contributed by atoms with van der Waals surface area (Å²) < 4.78 is 5.32. The van der Waals surface area contributed by atoms with E-state index in [0.717, 1.165) is 11.1 Å². The molecule has 0 amide bonds. The first kappa shape index (κ1) is 17.9. The summed E-state index contributed by atoms with van der Waals surface area (Å²) in [6.07, 6.45) is 2.25. The molecule has 1 heterocycles. The van der Waals surface area contributed by atoms with Gasteiger partial charge in [0.15, 0.2) is 11.9 Å². The Morgan fingerprint density at radius 3 is 2.81 bits per heavy atom. The third-order valence-corrected chi connectivity index (χ3v) is 4.32. The third kappa shape index (κ3) is 4.00. The minimum absolute atomic E-state index is 0.265. The van der Waals surface area contributed by atoms with Gasteiger partial charge in [0, 0.05) is 11.1 Å². The molecule has 2 aromatic carbocycles. The van der Waals surface area contributed by atoms with Gasteiger partial charge >= 0.3 is 5.97 Å². The van der Waals surface area contributed by atoms with Crippen LogP contribution in [0, 0.1) is 6.92 Å². The van der Waals surface area contributed by atoms with Crippen LogP contribution in [0.1, 0.15) is 30.0 Å². The number of carbonyl (C=O) groups excluding carboxylic acids is 1. The van der Waals surface area contributed by atoms with Crippen molar-refractivity contribution in [1.82, 2.24) is 9.97 Å². The molecule has 3 aromatic rings. The van der Waals surface area contributed by atoms with E-state index in [2.05, 4.69) is 9.97 Å². The molecule has 0 aliphatic heterocycles. The quantitative estimate of drug-likeness (QED) is 0.553. The summed E-state index contributed by atoms with van der Waals surface area (Å²) in [4.78, 5) is 31.1. The normalized spacial score (nSPS) is 12.4. The molecule has 0 unspecified atom stereocenters. The van der Waals surface area contributed by atoms with Crippen LogP contribution in [0.3, 0.4) is 0 Å². The summed E-state index contributed by atoms with van der Waals surface area (Å²) in [7, 11) is 0. The standard InChI is InChI=1S/C20H17ClN2O3/c1-12-7-8-14(11-16(12)21)9-10-18(24)26-13(2)19-22-17-6-4-3-5-15(17)20(25)23-19/h3-11,13H,1-2H3,(H,22,23,25)/b10-9+/t13-/m1/s1. The molecule has 0 aliphatic rings. The number of nitrogens with zero attached hydrogens (tertiary/aromatic N) is 1. The number of halogens is 1. The van der Waals surface area contributed by atoms with Crippen LogP contribution in [0.4, 0.5) is 0 Å². The molecular formula is C20H17ClN2O3. The smallest absolute Gasteiger partial charge is 0.331 e.